The van der Waals surface area contributed by atoms with E-state index in [1.54, 1.807) is 26.0 Å². The summed E-state index contributed by atoms with van der Waals surface area (Å²) in [4.78, 5) is 28.8. The van der Waals surface area contributed by atoms with Crippen LogP contribution in [-0.4, -0.2) is 22.0 Å². The van der Waals surface area contributed by atoms with Crippen LogP contribution in [0.3, 0.4) is 0 Å². The number of fused-ring (bicyclic) bond motifs is 1. The molecule has 0 saturated heterocycles. The number of rotatable bonds is 5. The predicted octanol–water partition coefficient (Wildman–Crippen LogP) is 6.21. The lowest BCUT2D eigenvalue weighted by atomic mass is 9.92. The van der Waals surface area contributed by atoms with E-state index >= 15 is 0 Å². The number of carboxylic acids is 1. The Balaban J connectivity index is 1.87. The van der Waals surface area contributed by atoms with Crippen LogP contribution in [0.2, 0.25) is 5.15 Å². The van der Waals surface area contributed by atoms with Crippen molar-refractivity contribution in [3.63, 3.8) is 0 Å². The molecule has 35 heavy (non-hydrogen) atoms. The summed E-state index contributed by atoms with van der Waals surface area (Å²) in [7, 11) is 0. The monoisotopic (exact) mass is 498 g/mol. The van der Waals surface area contributed by atoms with Crippen LogP contribution in [-0.2, 0) is 0 Å². The summed E-state index contributed by atoms with van der Waals surface area (Å²) < 4.78 is 33.6. The van der Waals surface area contributed by atoms with E-state index in [2.05, 4.69) is 16.2 Å². The summed E-state index contributed by atoms with van der Waals surface area (Å²) in [5.74, 6) is -1.27. The van der Waals surface area contributed by atoms with E-state index in [1.807, 2.05) is 0 Å². The molecule has 0 bridgehead atoms. The molecule has 1 aliphatic carbocycles. The summed E-state index contributed by atoms with van der Waals surface area (Å²) >= 11 is 5.85. The van der Waals surface area contributed by atoms with Crippen molar-refractivity contribution in [2.24, 2.45) is 0 Å². The lowest BCUT2D eigenvalue weighted by Gasteiger charge is -2.23. The third-order valence-corrected chi connectivity index (χ3v) is 6.23. The number of aromatic carboxylic acids is 1. The first kappa shape index (κ1) is 24.4. The highest BCUT2D eigenvalue weighted by atomic mass is 35.5. The molecule has 6 nitrogen and oxygen atoms in total. The lowest BCUT2D eigenvalue weighted by molar-refractivity contribution is -0.00618. The molecule has 2 aromatic heterocycles. The van der Waals surface area contributed by atoms with E-state index in [0.717, 1.165) is 0 Å². The van der Waals surface area contributed by atoms with Gasteiger partial charge < -0.3 is 14.8 Å². The highest BCUT2D eigenvalue weighted by Crippen LogP contribution is 2.38. The van der Waals surface area contributed by atoms with Gasteiger partial charge in [0, 0.05) is 29.5 Å². The van der Waals surface area contributed by atoms with Gasteiger partial charge in [-0.3, -0.25) is 4.79 Å². The molecule has 0 radical (unpaired) electrons. The Kier molecular flexibility index (Phi) is 6.39. The molecule has 2 heterocycles. The fourth-order valence-electron chi connectivity index (χ4n) is 4.16. The van der Waals surface area contributed by atoms with Crippen molar-refractivity contribution in [1.29, 1.82) is 0 Å². The molecular weight excluding hydrogens is 478 g/mol. The number of nitrogens with zero attached hydrogens (tertiary/aromatic N) is 1. The maximum Gasteiger partial charge on any atom is 0.356 e. The number of allylic oxidation sites excluding steroid dienone is 2. The van der Waals surface area contributed by atoms with E-state index in [-0.39, 0.29) is 51.5 Å². The fourth-order valence-corrected chi connectivity index (χ4v) is 4.30. The number of anilines is 1. The molecule has 0 amide bonds. The minimum absolute atomic E-state index is 0.0258. The van der Waals surface area contributed by atoms with Crippen molar-refractivity contribution in [3.05, 3.63) is 73.9 Å². The van der Waals surface area contributed by atoms with Crippen LogP contribution in [0.4, 0.5) is 14.5 Å². The molecule has 0 spiro atoms. The van der Waals surface area contributed by atoms with Crippen LogP contribution in [0.1, 0.15) is 65.2 Å². The first-order valence-corrected chi connectivity index (χ1v) is 11.2. The smallest absolute Gasteiger partial charge is 0.356 e. The van der Waals surface area contributed by atoms with E-state index in [0.29, 0.717) is 22.3 Å². The molecule has 1 aromatic carbocycles. The molecule has 0 saturated carbocycles. The summed E-state index contributed by atoms with van der Waals surface area (Å²) in [5.41, 5.74) is 1.66. The van der Waals surface area contributed by atoms with E-state index < -0.39 is 24.4 Å². The van der Waals surface area contributed by atoms with Gasteiger partial charge in [0.25, 0.3) is 5.92 Å². The molecule has 3 aromatic rings. The number of pyridine rings is 1. The molecule has 4 rings (SSSR count). The van der Waals surface area contributed by atoms with Gasteiger partial charge in [-0.15, -0.1) is 6.42 Å². The van der Waals surface area contributed by atoms with Gasteiger partial charge in [0.1, 0.15) is 16.5 Å². The van der Waals surface area contributed by atoms with Crippen molar-refractivity contribution in [2.45, 2.75) is 45.1 Å². The average molecular weight is 499 g/mol. The molecule has 0 unspecified atom stereocenters. The number of halogens is 3. The number of hydrogen-bond donors (Lipinski definition) is 2. The number of alkyl halides is 2. The SMILES string of the molecule is C#Cc1cc([C@@H](C)Nc2ccc(Cl)nc2C(=O)O)c2oc(C3=CCC(F)(F)CC3)c(C)c(=O)c2c1. The zero-order valence-corrected chi connectivity index (χ0v) is 19.7. The largest absolute Gasteiger partial charge is 0.476 e. The Hall–Kier alpha value is -3.70. The maximum absolute atomic E-state index is 13.7. The second kappa shape index (κ2) is 9.16. The minimum atomic E-state index is -2.78. The number of carbonyl (C=O) groups is 1. The summed E-state index contributed by atoms with van der Waals surface area (Å²) in [6.07, 6.45) is 6.35. The van der Waals surface area contributed by atoms with Crippen molar-refractivity contribution in [3.8, 4) is 12.3 Å². The Morgan fingerprint density at radius 3 is 2.74 bits per heavy atom. The Bertz CT molecular complexity index is 1490. The van der Waals surface area contributed by atoms with Crippen molar-refractivity contribution in [2.75, 3.05) is 5.32 Å². The number of aromatic nitrogens is 1. The fraction of sp³-hybridized carbons (Fsp3) is 0.269. The third kappa shape index (κ3) is 4.77. The van der Waals surface area contributed by atoms with Crippen LogP contribution in [0.15, 0.2) is 39.6 Å². The maximum atomic E-state index is 13.7. The van der Waals surface area contributed by atoms with Crippen LogP contribution < -0.4 is 10.7 Å². The molecule has 1 aliphatic rings. The number of terminal acetylenes is 1. The summed E-state index contributed by atoms with van der Waals surface area (Å²) in [6.45, 7) is 3.34. The molecule has 0 aliphatic heterocycles. The normalized spacial score (nSPS) is 15.8. The Labute approximate surface area is 204 Å². The highest BCUT2D eigenvalue weighted by molar-refractivity contribution is 6.29. The van der Waals surface area contributed by atoms with Crippen LogP contribution in [0.25, 0.3) is 16.5 Å². The van der Waals surface area contributed by atoms with Gasteiger partial charge in [-0.1, -0.05) is 23.6 Å². The lowest BCUT2D eigenvalue weighted by Crippen LogP contribution is -2.19. The Morgan fingerprint density at radius 1 is 1.37 bits per heavy atom. The molecule has 2 N–H and O–H groups in total. The van der Waals surface area contributed by atoms with Crippen LogP contribution >= 0.6 is 11.6 Å². The standard InChI is InChI=1S/C26H21ClF2N2O4/c1-4-15-11-17(14(3)30-19-5-6-20(27)31-21(19)25(33)34)24-18(12-15)22(32)13(2)23(35-24)16-7-9-26(28,29)10-8-16/h1,5-7,11-12,14,30H,8-10H2,2-3H3,(H,33,34)/t14-/m1/s1. The number of benzene rings is 1. The average Bonchev–Trinajstić information content (AvgIpc) is 2.82. The second-order valence-electron chi connectivity index (χ2n) is 8.46. The van der Waals surface area contributed by atoms with Crippen molar-refractivity contribution in [1.82, 2.24) is 4.98 Å². The van der Waals surface area contributed by atoms with E-state index in [9.17, 15) is 23.5 Å². The van der Waals surface area contributed by atoms with Crippen molar-refractivity contribution >= 4 is 39.8 Å². The number of carboxylic acid groups (broad SMARTS) is 1. The molecule has 1 atom stereocenters. The summed E-state index contributed by atoms with van der Waals surface area (Å²) in [5, 5.41) is 12.9. The van der Waals surface area contributed by atoms with Gasteiger partial charge in [0.05, 0.1) is 17.1 Å². The van der Waals surface area contributed by atoms with Crippen LogP contribution in [0.5, 0.6) is 0 Å². The molecule has 0 fully saturated rings. The topological polar surface area (TPSA) is 92.4 Å². The zero-order valence-electron chi connectivity index (χ0n) is 18.9. The van der Waals surface area contributed by atoms with Gasteiger partial charge in [-0.25, -0.2) is 18.6 Å². The zero-order chi connectivity index (χ0) is 25.5. The second-order valence-corrected chi connectivity index (χ2v) is 8.85. The van der Waals surface area contributed by atoms with Gasteiger partial charge in [0.2, 0.25) is 0 Å². The number of hydrogen-bond acceptors (Lipinski definition) is 5. The van der Waals surface area contributed by atoms with Gasteiger partial charge in [-0.2, -0.15) is 0 Å². The number of nitrogens with one attached hydrogen (secondary N) is 1. The van der Waals surface area contributed by atoms with Gasteiger partial charge >= 0.3 is 5.97 Å². The molecule has 9 heteroatoms. The van der Waals surface area contributed by atoms with E-state index in [1.165, 1.54) is 18.2 Å². The molecular formula is C26H21ClF2N2O4. The van der Waals surface area contributed by atoms with Crippen LogP contribution in [0, 0.1) is 19.3 Å². The minimum Gasteiger partial charge on any atom is -0.476 e. The quantitative estimate of drug-likeness (QED) is 0.321. The first-order chi connectivity index (χ1) is 16.5. The third-order valence-electron chi connectivity index (χ3n) is 6.02. The van der Waals surface area contributed by atoms with Gasteiger partial charge in [-0.05, 0) is 50.1 Å². The van der Waals surface area contributed by atoms with E-state index in [4.69, 9.17) is 22.4 Å². The highest BCUT2D eigenvalue weighted by Gasteiger charge is 2.32. The molecule has 180 valence electrons. The van der Waals surface area contributed by atoms with Crippen molar-refractivity contribution < 1.29 is 23.1 Å². The predicted molar refractivity (Wildman–Crippen MR) is 130 cm³/mol. The van der Waals surface area contributed by atoms with Gasteiger partial charge in [0.15, 0.2) is 11.1 Å². The Morgan fingerprint density at radius 2 is 2.11 bits per heavy atom. The first-order valence-electron chi connectivity index (χ1n) is 10.8. The summed E-state index contributed by atoms with van der Waals surface area (Å²) in [6, 6.07) is 5.57.